The highest BCUT2D eigenvalue weighted by atomic mass is 35.5. The summed E-state index contributed by atoms with van der Waals surface area (Å²) in [4.78, 5) is 18.5. The summed E-state index contributed by atoms with van der Waals surface area (Å²) in [5.41, 5.74) is 0. The van der Waals surface area contributed by atoms with Crippen LogP contribution in [0.3, 0.4) is 0 Å². The van der Waals surface area contributed by atoms with E-state index in [2.05, 4.69) is 21.2 Å². The van der Waals surface area contributed by atoms with E-state index in [4.69, 9.17) is 0 Å². The van der Waals surface area contributed by atoms with Crippen molar-refractivity contribution in [3.8, 4) is 0 Å². The van der Waals surface area contributed by atoms with Gasteiger partial charge in [-0.25, -0.2) is 0 Å². The molecule has 3 nitrogen and oxygen atoms in total. The third-order valence-corrected chi connectivity index (χ3v) is 5.98. The second-order valence-corrected chi connectivity index (χ2v) is 7.46. The molecular formula is C17H27ClN2OS. The fraction of sp³-hybridized carbons (Fsp3) is 0.706. The molecule has 0 unspecified atom stereocenters. The van der Waals surface area contributed by atoms with Crippen LogP contribution in [0, 0.1) is 0 Å². The van der Waals surface area contributed by atoms with Crippen molar-refractivity contribution in [2.45, 2.75) is 57.0 Å². The summed E-state index contributed by atoms with van der Waals surface area (Å²) in [5.74, 6) is 0.286. The van der Waals surface area contributed by atoms with E-state index in [1.54, 1.807) is 11.3 Å². The molecule has 1 saturated heterocycles. The van der Waals surface area contributed by atoms with E-state index in [9.17, 15) is 4.79 Å². The molecule has 1 saturated carbocycles. The van der Waals surface area contributed by atoms with Gasteiger partial charge < -0.3 is 4.90 Å². The first-order valence-electron chi connectivity index (χ1n) is 8.28. The lowest BCUT2D eigenvalue weighted by Crippen LogP contribution is -2.53. The van der Waals surface area contributed by atoms with Crippen LogP contribution in [-0.2, 0) is 11.2 Å². The zero-order chi connectivity index (χ0) is 14.7. The van der Waals surface area contributed by atoms with Crippen LogP contribution in [0.4, 0.5) is 0 Å². The smallest absolute Gasteiger partial charge is 0.227 e. The van der Waals surface area contributed by atoms with Gasteiger partial charge in [-0.1, -0.05) is 18.9 Å². The number of carbonyl (C=O) groups excluding carboxylic acids is 1. The molecule has 0 radical (unpaired) electrons. The predicted molar refractivity (Wildman–Crippen MR) is 94.9 cm³/mol. The Hall–Kier alpha value is -0.580. The number of likely N-dealkylation sites (tertiary alicyclic amines) is 1. The zero-order valence-electron chi connectivity index (χ0n) is 13.4. The molecule has 1 aromatic heterocycles. The molecule has 1 aliphatic carbocycles. The predicted octanol–water partition coefficient (Wildman–Crippen LogP) is 3.58. The number of likely N-dealkylation sites (N-methyl/N-ethyl adjacent to an activating group) is 1. The van der Waals surface area contributed by atoms with E-state index in [1.807, 2.05) is 13.1 Å². The van der Waals surface area contributed by atoms with E-state index in [0.717, 1.165) is 0 Å². The Labute approximate surface area is 144 Å². The van der Waals surface area contributed by atoms with Crippen LogP contribution in [-0.4, -0.2) is 47.9 Å². The lowest BCUT2D eigenvalue weighted by molar-refractivity contribution is -0.133. The summed E-state index contributed by atoms with van der Waals surface area (Å²) >= 11 is 1.68. The van der Waals surface area contributed by atoms with Gasteiger partial charge in [0.2, 0.25) is 5.91 Å². The molecule has 22 heavy (non-hydrogen) atoms. The van der Waals surface area contributed by atoms with Crippen LogP contribution in [0.25, 0.3) is 0 Å². The second kappa shape index (κ2) is 8.32. The topological polar surface area (TPSA) is 23.6 Å². The number of thiophene rings is 1. The van der Waals surface area contributed by atoms with Crippen molar-refractivity contribution in [1.29, 1.82) is 0 Å². The average Bonchev–Trinajstić information content (AvgIpc) is 3.19. The van der Waals surface area contributed by atoms with Gasteiger partial charge in [0, 0.05) is 24.0 Å². The molecule has 1 amide bonds. The molecule has 3 rings (SSSR count). The van der Waals surface area contributed by atoms with Crippen molar-refractivity contribution in [1.82, 2.24) is 9.80 Å². The minimum atomic E-state index is 0. The van der Waals surface area contributed by atoms with Crippen LogP contribution >= 0.6 is 23.7 Å². The summed E-state index contributed by atoms with van der Waals surface area (Å²) in [5, 5.41) is 2.05. The van der Waals surface area contributed by atoms with Crippen LogP contribution in [0.5, 0.6) is 0 Å². The fourth-order valence-electron chi connectivity index (χ4n) is 3.91. The quantitative estimate of drug-likeness (QED) is 0.835. The Balaban J connectivity index is 0.00000176. The fourth-order valence-corrected chi connectivity index (χ4v) is 4.61. The maximum Gasteiger partial charge on any atom is 0.227 e. The third kappa shape index (κ3) is 4.03. The Morgan fingerprint density at radius 3 is 2.68 bits per heavy atom. The average molecular weight is 343 g/mol. The Morgan fingerprint density at radius 2 is 2.00 bits per heavy atom. The van der Waals surface area contributed by atoms with Gasteiger partial charge in [0.05, 0.1) is 6.42 Å². The molecule has 2 heterocycles. The van der Waals surface area contributed by atoms with E-state index in [1.165, 1.54) is 56.5 Å². The SMILES string of the molecule is CN(C(=O)Cc1cccs1)[C@@H]1CCCC[C@H]1N1CCCC1.Cl. The largest absolute Gasteiger partial charge is 0.341 e. The highest BCUT2D eigenvalue weighted by Crippen LogP contribution is 2.29. The normalized spacial score (nSPS) is 25.7. The number of hydrogen-bond acceptors (Lipinski definition) is 3. The number of rotatable bonds is 4. The van der Waals surface area contributed by atoms with Gasteiger partial charge in [-0.15, -0.1) is 23.7 Å². The van der Waals surface area contributed by atoms with E-state index in [0.29, 0.717) is 18.5 Å². The minimum absolute atomic E-state index is 0. The molecule has 2 atom stereocenters. The minimum Gasteiger partial charge on any atom is -0.341 e. The van der Waals surface area contributed by atoms with Crippen LogP contribution in [0.1, 0.15) is 43.4 Å². The molecule has 1 aliphatic heterocycles. The van der Waals surface area contributed by atoms with Crippen molar-refractivity contribution < 1.29 is 4.79 Å². The molecule has 124 valence electrons. The van der Waals surface area contributed by atoms with Crippen LogP contribution in [0.15, 0.2) is 17.5 Å². The van der Waals surface area contributed by atoms with Crippen LogP contribution in [0.2, 0.25) is 0 Å². The first kappa shape index (κ1) is 17.8. The molecule has 2 aliphatic rings. The van der Waals surface area contributed by atoms with E-state index >= 15 is 0 Å². The summed E-state index contributed by atoms with van der Waals surface area (Å²) in [6.07, 6.45) is 8.26. The van der Waals surface area contributed by atoms with Gasteiger partial charge in [-0.3, -0.25) is 9.69 Å². The number of amides is 1. The third-order valence-electron chi connectivity index (χ3n) is 5.10. The number of halogens is 1. The highest BCUT2D eigenvalue weighted by molar-refractivity contribution is 7.10. The number of nitrogens with zero attached hydrogens (tertiary/aromatic N) is 2. The first-order chi connectivity index (χ1) is 10.3. The molecule has 5 heteroatoms. The summed E-state index contributed by atoms with van der Waals surface area (Å²) in [7, 11) is 2.02. The van der Waals surface area contributed by atoms with E-state index in [-0.39, 0.29) is 18.3 Å². The monoisotopic (exact) mass is 342 g/mol. The molecule has 0 bridgehead atoms. The van der Waals surface area contributed by atoms with Crippen molar-refractivity contribution in [2.75, 3.05) is 20.1 Å². The summed E-state index contributed by atoms with van der Waals surface area (Å²) in [6.45, 7) is 2.46. The maximum absolute atomic E-state index is 12.6. The maximum atomic E-state index is 12.6. The number of hydrogen-bond donors (Lipinski definition) is 0. The summed E-state index contributed by atoms with van der Waals surface area (Å²) in [6, 6.07) is 5.11. The van der Waals surface area contributed by atoms with Gasteiger partial charge in [0.25, 0.3) is 0 Å². The molecule has 0 N–H and O–H groups in total. The second-order valence-electron chi connectivity index (χ2n) is 6.42. The first-order valence-corrected chi connectivity index (χ1v) is 9.16. The lowest BCUT2D eigenvalue weighted by atomic mass is 9.88. The van der Waals surface area contributed by atoms with Gasteiger partial charge in [0.15, 0.2) is 0 Å². The molecule has 0 spiro atoms. The molecule has 2 fully saturated rings. The van der Waals surface area contributed by atoms with Crippen molar-refractivity contribution in [3.63, 3.8) is 0 Å². The number of carbonyl (C=O) groups is 1. The van der Waals surface area contributed by atoms with Gasteiger partial charge in [-0.05, 0) is 50.2 Å². The Morgan fingerprint density at radius 1 is 1.27 bits per heavy atom. The molecular weight excluding hydrogens is 316 g/mol. The Kier molecular flexibility index (Phi) is 6.72. The standard InChI is InChI=1S/C17H26N2OS.ClH/c1-18(17(20)13-14-7-6-12-21-14)15-8-2-3-9-16(15)19-10-4-5-11-19;/h6-7,12,15-16H,2-5,8-11,13H2,1H3;1H/t15-,16-;/m1./s1. The van der Waals surface area contributed by atoms with E-state index < -0.39 is 0 Å². The van der Waals surface area contributed by atoms with Crippen molar-refractivity contribution in [3.05, 3.63) is 22.4 Å². The lowest BCUT2D eigenvalue weighted by Gasteiger charge is -2.42. The van der Waals surface area contributed by atoms with Gasteiger partial charge in [-0.2, -0.15) is 0 Å². The highest BCUT2D eigenvalue weighted by Gasteiger charge is 2.35. The van der Waals surface area contributed by atoms with Gasteiger partial charge in [0.1, 0.15) is 0 Å². The van der Waals surface area contributed by atoms with Crippen LogP contribution < -0.4 is 0 Å². The van der Waals surface area contributed by atoms with Gasteiger partial charge >= 0.3 is 0 Å². The molecule has 1 aromatic rings. The summed E-state index contributed by atoms with van der Waals surface area (Å²) < 4.78 is 0. The van der Waals surface area contributed by atoms with Crippen molar-refractivity contribution >= 4 is 29.7 Å². The zero-order valence-corrected chi connectivity index (χ0v) is 15.0. The van der Waals surface area contributed by atoms with Crippen molar-refractivity contribution in [2.24, 2.45) is 0 Å². The Bertz CT molecular complexity index is 459. The molecule has 0 aromatic carbocycles.